The molecule has 0 N–H and O–H groups in total. The minimum atomic E-state index is -0.726. The summed E-state index contributed by atoms with van der Waals surface area (Å²) < 4.78 is 0. The lowest BCUT2D eigenvalue weighted by atomic mass is 10.0. The van der Waals surface area contributed by atoms with Crippen molar-refractivity contribution in [1.29, 1.82) is 0 Å². The zero-order valence-corrected chi connectivity index (χ0v) is 14.3. The van der Waals surface area contributed by atoms with Crippen molar-refractivity contribution >= 4 is 17.7 Å². The lowest BCUT2D eigenvalue weighted by molar-refractivity contribution is -0.136. The van der Waals surface area contributed by atoms with Gasteiger partial charge < -0.3 is 4.90 Å². The van der Waals surface area contributed by atoms with E-state index in [1.807, 2.05) is 18.7 Å². The van der Waals surface area contributed by atoms with Crippen LogP contribution in [-0.4, -0.2) is 46.7 Å². The number of carbonyl (C=O) groups is 3. The van der Waals surface area contributed by atoms with Crippen LogP contribution in [0, 0.1) is 5.92 Å². The van der Waals surface area contributed by atoms with E-state index in [1.54, 1.807) is 24.3 Å². The molecular formula is C19H24N2O3. The maximum absolute atomic E-state index is 13.1. The second-order valence-corrected chi connectivity index (χ2v) is 6.95. The number of hydrogen-bond donors (Lipinski definition) is 0. The van der Waals surface area contributed by atoms with E-state index in [0.29, 0.717) is 24.2 Å². The van der Waals surface area contributed by atoms with Crippen molar-refractivity contribution < 1.29 is 14.4 Å². The van der Waals surface area contributed by atoms with Crippen LogP contribution < -0.4 is 0 Å². The number of amides is 3. The molecule has 3 rings (SSSR count). The summed E-state index contributed by atoms with van der Waals surface area (Å²) in [6.07, 6.45) is 4.23. The van der Waals surface area contributed by atoms with E-state index in [-0.39, 0.29) is 23.6 Å². The summed E-state index contributed by atoms with van der Waals surface area (Å²) in [6, 6.07) is 6.07. The number of carbonyl (C=O) groups excluding carboxylic acids is 3. The van der Waals surface area contributed by atoms with Crippen molar-refractivity contribution in [3.63, 3.8) is 0 Å². The molecule has 1 fully saturated rings. The quantitative estimate of drug-likeness (QED) is 0.802. The number of fused-ring (bicyclic) bond motifs is 1. The molecule has 0 radical (unpaired) electrons. The molecule has 24 heavy (non-hydrogen) atoms. The van der Waals surface area contributed by atoms with Crippen LogP contribution in [0.25, 0.3) is 0 Å². The Morgan fingerprint density at radius 3 is 1.88 bits per heavy atom. The highest BCUT2D eigenvalue weighted by atomic mass is 16.2. The van der Waals surface area contributed by atoms with Crippen LogP contribution in [-0.2, 0) is 4.79 Å². The molecule has 5 heteroatoms. The third-order valence-electron chi connectivity index (χ3n) is 4.91. The van der Waals surface area contributed by atoms with Gasteiger partial charge in [-0.2, -0.15) is 0 Å². The van der Waals surface area contributed by atoms with Crippen molar-refractivity contribution in [2.45, 2.75) is 45.6 Å². The lowest BCUT2D eigenvalue weighted by Gasteiger charge is -2.33. The summed E-state index contributed by atoms with van der Waals surface area (Å²) in [7, 11) is 0. The summed E-state index contributed by atoms with van der Waals surface area (Å²) in [5, 5.41) is 0. The molecule has 1 aromatic carbocycles. The standard InChI is InChI=1S/C19H24N2O3/c1-13(2)16(19(24)20-11-7-3-4-8-12-20)21-17(22)14-9-5-6-10-15(14)18(21)23/h5-6,9-10,13,16H,3-4,7-8,11-12H2,1-2H3/t16-/m0/s1. The molecule has 1 atom stereocenters. The summed E-state index contributed by atoms with van der Waals surface area (Å²) in [5.41, 5.74) is 0.800. The van der Waals surface area contributed by atoms with Gasteiger partial charge in [0, 0.05) is 13.1 Å². The van der Waals surface area contributed by atoms with Crippen molar-refractivity contribution in [2.75, 3.05) is 13.1 Å². The maximum atomic E-state index is 13.1. The number of nitrogens with zero attached hydrogens (tertiary/aromatic N) is 2. The summed E-state index contributed by atoms with van der Waals surface area (Å²) in [6.45, 7) is 5.21. The number of benzene rings is 1. The summed E-state index contributed by atoms with van der Waals surface area (Å²) in [4.78, 5) is 41.6. The Balaban J connectivity index is 1.90. The highest BCUT2D eigenvalue weighted by Crippen LogP contribution is 2.28. The third kappa shape index (κ3) is 2.83. The Morgan fingerprint density at radius 1 is 0.917 bits per heavy atom. The van der Waals surface area contributed by atoms with Gasteiger partial charge in [-0.1, -0.05) is 38.8 Å². The molecule has 0 aliphatic carbocycles. The largest absolute Gasteiger partial charge is 0.341 e. The van der Waals surface area contributed by atoms with Crippen molar-refractivity contribution in [3.05, 3.63) is 35.4 Å². The van der Waals surface area contributed by atoms with E-state index in [4.69, 9.17) is 0 Å². The Kier molecular flexibility index (Phi) is 4.69. The van der Waals surface area contributed by atoms with Gasteiger partial charge in [-0.25, -0.2) is 0 Å². The first-order valence-electron chi connectivity index (χ1n) is 8.78. The highest BCUT2D eigenvalue weighted by molar-refractivity contribution is 6.22. The SMILES string of the molecule is CC(C)[C@@H](C(=O)N1CCCCCC1)N1C(=O)c2ccccc2C1=O. The van der Waals surface area contributed by atoms with Gasteiger partial charge in [0.15, 0.2) is 0 Å². The average Bonchev–Trinajstić information content (AvgIpc) is 2.78. The van der Waals surface area contributed by atoms with Gasteiger partial charge in [0.1, 0.15) is 6.04 Å². The average molecular weight is 328 g/mol. The van der Waals surface area contributed by atoms with Crippen LogP contribution in [0.15, 0.2) is 24.3 Å². The molecule has 0 saturated carbocycles. The van der Waals surface area contributed by atoms with Gasteiger partial charge >= 0.3 is 0 Å². The molecule has 0 bridgehead atoms. The predicted octanol–water partition coefficient (Wildman–Crippen LogP) is 2.71. The van der Waals surface area contributed by atoms with Gasteiger partial charge in [-0.3, -0.25) is 19.3 Å². The molecule has 128 valence electrons. The monoisotopic (exact) mass is 328 g/mol. The highest BCUT2D eigenvalue weighted by Gasteiger charge is 2.45. The number of hydrogen-bond acceptors (Lipinski definition) is 3. The lowest BCUT2D eigenvalue weighted by Crippen LogP contribution is -2.53. The fraction of sp³-hybridized carbons (Fsp3) is 0.526. The number of imide groups is 1. The zero-order valence-electron chi connectivity index (χ0n) is 14.3. The fourth-order valence-electron chi connectivity index (χ4n) is 3.63. The van der Waals surface area contributed by atoms with Crippen molar-refractivity contribution in [1.82, 2.24) is 9.80 Å². The summed E-state index contributed by atoms with van der Waals surface area (Å²) >= 11 is 0. The number of likely N-dealkylation sites (tertiary alicyclic amines) is 1. The molecule has 0 aromatic heterocycles. The van der Waals surface area contributed by atoms with Gasteiger partial charge in [0.2, 0.25) is 5.91 Å². The first-order chi connectivity index (χ1) is 11.5. The second-order valence-electron chi connectivity index (χ2n) is 6.95. The Morgan fingerprint density at radius 2 is 1.42 bits per heavy atom. The van der Waals surface area contributed by atoms with Crippen LogP contribution in [0.5, 0.6) is 0 Å². The van der Waals surface area contributed by atoms with E-state index >= 15 is 0 Å². The van der Waals surface area contributed by atoms with Crippen molar-refractivity contribution in [3.8, 4) is 0 Å². The van der Waals surface area contributed by atoms with Crippen LogP contribution in [0.1, 0.15) is 60.2 Å². The van der Waals surface area contributed by atoms with Crippen LogP contribution in [0.3, 0.4) is 0 Å². The Labute approximate surface area is 142 Å². The molecule has 1 aromatic rings. The van der Waals surface area contributed by atoms with E-state index in [0.717, 1.165) is 25.7 Å². The Bertz CT molecular complexity index is 625. The molecule has 0 spiro atoms. The molecular weight excluding hydrogens is 304 g/mol. The maximum Gasteiger partial charge on any atom is 0.262 e. The molecule has 1 saturated heterocycles. The van der Waals surface area contributed by atoms with Crippen LogP contribution >= 0.6 is 0 Å². The zero-order chi connectivity index (χ0) is 17.3. The van der Waals surface area contributed by atoms with Gasteiger partial charge in [-0.05, 0) is 30.9 Å². The van der Waals surface area contributed by atoms with Gasteiger partial charge in [-0.15, -0.1) is 0 Å². The van der Waals surface area contributed by atoms with E-state index < -0.39 is 6.04 Å². The first kappa shape index (κ1) is 16.7. The molecule has 2 aliphatic rings. The minimum absolute atomic E-state index is 0.0959. The van der Waals surface area contributed by atoms with Crippen LogP contribution in [0.2, 0.25) is 0 Å². The topological polar surface area (TPSA) is 57.7 Å². The predicted molar refractivity (Wildman–Crippen MR) is 90.6 cm³/mol. The van der Waals surface area contributed by atoms with Crippen LogP contribution in [0.4, 0.5) is 0 Å². The third-order valence-corrected chi connectivity index (χ3v) is 4.91. The second kappa shape index (κ2) is 6.75. The van der Waals surface area contributed by atoms with E-state index in [9.17, 15) is 14.4 Å². The van der Waals surface area contributed by atoms with Gasteiger partial charge in [0.25, 0.3) is 11.8 Å². The molecule has 2 aliphatic heterocycles. The minimum Gasteiger partial charge on any atom is -0.341 e. The van der Waals surface area contributed by atoms with Gasteiger partial charge in [0.05, 0.1) is 11.1 Å². The normalized spacial score (nSPS) is 19.5. The summed E-state index contributed by atoms with van der Waals surface area (Å²) in [5.74, 6) is -0.917. The molecule has 0 unspecified atom stereocenters. The molecule has 5 nitrogen and oxygen atoms in total. The molecule has 2 heterocycles. The smallest absolute Gasteiger partial charge is 0.262 e. The van der Waals surface area contributed by atoms with Crippen molar-refractivity contribution in [2.24, 2.45) is 5.92 Å². The fourth-order valence-corrected chi connectivity index (χ4v) is 3.63. The van der Waals surface area contributed by atoms with E-state index in [2.05, 4.69) is 0 Å². The molecule has 3 amide bonds. The van der Waals surface area contributed by atoms with E-state index in [1.165, 1.54) is 4.90 Å². The first-order valence-corrected chi connectivity index (χ1v) is 8.78. The number of rotatable bonds is 3. The Hall–Kier alpha value is -2.17.